The van der Waals surface area contributed by atoms with E-state index in [9.17, 15) is 0 Å². The van der Waals surface area contributed by atoms with E-state index in [-0.39, 0.29) is 6.04 Å². The van der Waals surface area contributed by atoms with Crippen LogP contribution in [-0.4, -0.2) is 24.1 Å². The highest BCUT2D eigenvalue weighted by Gasteiger charge is 2.13. The Balaban J connectivity index is 2.24. The molecular weight excluding hydrogens is 162 g/mol. The lowest BCUT2D eigenvalue weighted by molar-refractivity contribution is 0.139. The summed E-state index contributed by atoms with van der Waals surface area (Å²) >= 11 is 0. The fraction of sp³-hybridized carbons (Fsp3) is 0.900. The molecule has 1 rings (SSSR count). The molecule has 1 aliphatic heterocycles. The van der Waals surface area contributed by atoms with Crippen LogP contribution in [0, 0.1) is 11.3 Å². The van der Waals surface area contributed by atoms with Gasteiger partial charge in [-0.05, 0) is 19.3 Å². The largest absolute Gasteiger partial charge is 0.243 e. The van der Waals surface area contributed by atoms with Crippen molar-refractivity contribution in [1.82, 2.24) is 10.4 Å². The maximum atomic E-state index is 8.85. The van der Waals surface area contributed by atoms with Gasteiger partial charge in [0.15, 0.2) is 0 Å². The molecule has 0 bridgehead atoms. The lowest BCUT2D eigenvalue weighted by Gasteiger charge is -2.29. The second-order valence-electron chi connectivity index (χ2n) is 3.65. The molecule has 0 aromatic rings. The number of hydrogen-bond donors (Lipinski definition) is 1. The van der Waals surface area contributed by atoms with Crippen molar-refractivity contribution in [2.75, 3.05) is 13.1 Å². The van der Waals surface area contributed by atoms with Crippen LogP contribution in [0.5, 0.6) is 0 Å². The maximum absolute atomic E-state index is 8.85. The van der Waals surface area contributed by atoms with Crippen LogP contribution in [0.15, 0.2) is 0 Å². The standard InChI is InChI=1S/C10H19N3/c1-2-6-10(9-11)12-13-7-4-3-5-8-13/h10,12H,2-8H2,1H3. The summed E-state index contributed by atoms with van der Waals surface area (Å²) in [7, 11) is 0. The second-order valence-corrected chi connectivity index (χ2v) is 3.65. The topological polar surface area (TPSA) is 39.1 Å². The number of piperidine rings is 1. The fourth-order valence-corrected chi connectivity index (χ4v) is 1.69. The molecular formula is C10H19N3. The third-order valence-corrected chi connectivity index (χ3v) is 2.43. The molecule has 1 saturated heterocycles. The van der Waals surface area contributed by atoms with E-state index in [1.54, 1.807) is 0 Å². The molecule has 0 spiro atoms. The van der Waals surface area contributed by atoms with Gasteiger partial charge in [-0.15, -0.1) is 0 Å². The molecule has 13 heavy (non-hydrogen) atoms. The first-order valence-corrected chi connectivity index (χ1v) is 5.27. The van der Waals surface area contributed by atoms with Crippen molar-refractivity contribution in [3.05, 3.63) is 0 Å². The van der Waals surface area contributed by atoms with E-state index >= 15 is 0 Å². The van der Waals surface area contributed by atoms with Crippen LogP contribution in [-0.2, 0) is 0 Å². The van der Waals surface area contributed by atoms with Gasteiger partial charge in [0.2, 0.25) is 0 Å². The van der Waals surface area contributed by atoms with Crippen LogP contribution in [0.25, 0.3) is 0 Å². The highest BCUT2D eigenvalue weighted by molar-refractivity contribution is 4.88. The van der Waals surface area contributed by atoms with Gasteiger partial charge in [-0.3, -0.25) is 0 Å². The van der Waals surface area contributed by atoms with E-state index in [0.29, 0.717) is 0 Å². The Hall–Kier alpha value is -0.590. The molecule has 0 aliphatic carbocycles. The summed E-state index contributed by atoms with van der Waals surface area (Å²) in [6, 6.07) is 2.31. The quantitative estimate of drug-likeness (QED) is 0.717. The fourth-order valence-electron chi connectivity index (χ4n) is 1.69. The predicted octanol–water partition coefficient (Wildman–Crippen LogP) is 1.67. The average Bonchev–Trinajstić information content (AvgIpc) is 2.19. The lowest BCUT2D eigenvalue weighted by atomic mass is 10.1. The summed E-state index contributed by atoms with van der Waals surface area (Å²) in [5.41, 5.74) is 3.28. The van der Waals surface area contributed by atoms with Gasteiger partial charge in [-0.1, -0.05) is 19.8 Å². The van der Waals surface area contributed by atoms with Gasteiger partial charge >= 0.3 is 0 Å². The summed E-state index contributed by atoms with van der Waals surface area (Å²) in [6.07, 6.45) is 5.88. The molecule has 0 amide bonds. The highest BCUT2D eigenvalue weighted by Crippen LogP contribution is 2.07. The highest BCUT2D eigenvalue weighted by atomic mass is 15.5. The SMILES string of the molecule is CCCC(C#N)NN1CCCCC1. The van der Waals surface area contributed by atoms with Crippen molar-refractivity contribution in [2.45, 2.75) is 45.1 Å². The summed E-state index contributed by atoms with van der Waals surface area (Å²) < 4.78 is 0. The molecule has 1 fully saturated rings. The summed E-state index contributed by atoms with van der Waals surface area (Å²) in [5.74, 6) is 0. The normalized spacial score (nSPS) is 20.9. The van der Waals surface area contributed by atoms with Gasteiger partial charge in [0.05, 0.1) is 6.07 Å². The first kappa shape index (κ1) is 10.5. The first-order valence-electron chi connectivity index (χ1n) is 5.27. The molecule has 1 N–H and O–H groups in total. The van der Waals surface area contributed by atoms with Crippen LogP contribution in [0.4, 0.5) is 0 Å². The van der Waals surface area contributed by atoms with Crippen LogP contribution in [0.2, 0.25) is 0 Å². The zero-order valence-electron chi connectivity index (χ0n) is 8.42. The van der Waals surface area contributed by atoms with Crippen molar-refractivity contribution in [2.24, 2.45) is 0 Å². The smallest absolute Gasteiger partial charge is 0.108 e. The number of nitrogens with zero attached hydrogens (tertiary/aromatic N) is 2. The van der Waals surface area contributed by atoms with E-state index in [2.05, 4.69) is 23.4 Å². The Morgan fingerprint density at radius 3 is 2.62 bits per heavy atom. The van der Waals surface area contributed by atoms with E-state index in [1.807, 2.05) is 0 Å². The Labute approximate surface area is 80.7 Å². The van der Waals surface area contributed by atoms with Crippen LogP contribution in [0.1, 0.15) is 39.0 Å². The van der Waals surface area contributed by atoms with Crippen molar-refractivity contribution < 1.29 is 0 Å². The summed E-state index contributed by atoms with van der Waals surface area (Å²) in [4.78, 5) is 0. The molecule has 3 heteroatoms. The number of hydrazine groups is 1. The minimum Gasteiger partial charge on any atom is -0.243 e. The number of nitriles is 1. The van der Waals surface area contributed by atoms with Crippen molar-refractivity contribution >= 4 is 0 Å². The molecule has 0 aromatic carbocycles. The monoisotopic (exact) mass is 181 g/mol. The van der Waals surface area contributed by atoms with Gasteiger partial charge in [-0.25, -0.2) is 10.4 Å². The average molecular weight is 181 g/mol. The second kappa shape index (κ2) is 5.95. The lowest BCUT2D eigenvalue weighted by Crippen LogP contribution is -2.46. The Morgan fingerprint density at radius 2 is 2.08 bits per heavy atom. The maximum Gasteiger partial charge on any atom is 0.108 e. The predicted molar refractivity (Wildman–Crippen MR) is 52.9 cm³/mol. The Kier molecular flexibility index (Phi) is 4.81. The Morgan fingerprint density at radius 1 is 1.38 bits per heavy atom. The van der Waals surface area contributed by atoms with E-state index < -0.39 is 0 Å². The number of rotatable bonds is 4. The molecule has 1 atom stereocenters. The molecule has 74 valence electrons. The van der Waals surface area contributed by atoms with E-state index in [4.69, 9.17) is 5.26 Å². The molecule has 1 unspecified atom stereocenters. The zero-order chi connectivity index (χ0) is 9.52. The molecule has 0 saturated carbocycles. The van der Waals surface area contributed by atoms with Crippen LogP contribution < -0.4 is 5.43 Å². The van der Waals surface area contributed by atoms with Crippen LogP contribution >= 0.6 is 0 Å². The third-order valence-electron chi connectivity index (χ3n) is 2.43. The number of nitrogens with one attached hydrogen (secondary N) is 1. The summed E-state index contributed by atoms with van der Waals surface area (Å²) in [5, 5.41) is 11.1. The first-order chi connectivity index (χ1) is 6.36. The van der Waals surface area contributed by atoms with Gasteiger partial charge < -0.3 is 0 Å². The summed E-state index contributed by atoms with van der Waals surface area (Å²) in [6.45, 7) is 4.31. The van der Waals surface area contributed by atoms with Crippen molar-refractivity contribution in [1.29, 1.82) is 5.26 Å². The van der Waals surface area contributed by atoms with E-state index in [0.717, 1.165) is 25.9 Å². The van der Waals surface area contributed by atoms with Gasteiger partial charge in [0.25, 0.3) is 0 Å². The van der Waals surface area contributed by atoms with Gasteiger partial charge in [0, 0.05) is 13.1 Å². The Bertz CT molecular complexity index is 167. The third kappa shape index (κ3) is 3.75. The molecule has 1 heterocycles. The molecule has 1 aliphatic rings. The van der Waals surface area contributed by atoms with Crippen molar-refractivity contribution in [3.63, 3.8) is 0 Å². The molecule has 3 nitrogen and oxygen atoms in total. The minimum atomic E-state index is 0.0168. The van der Waals surface area contributed by atoms with Gasteiger partial charge in [0.1, 0.15) is 6.04 Å². The zero-order valence-corrected chi connectivity index (χ0v) is 8.42. The van der Waals surface area contributed by atoms with Crippen molar-refractivity contribution in [3.8, 4) is 6.07 Å². The molecule has 0 radical (unpaired) electrons. The van der Waals surface area contributed by atoms with Crippen LogP contribution in [0.3, 0.4) is 0 Å². The van der Waals surface area contributed by atoms with E-state index in [1.165, 1.54) is 19.3 Å². The molecule has 0 aromatic heterocycles. The number of hydrogen-bond acceptors (Lipinski definition) is 3. The van der Waals surface area contributed by atoms with Gasteiger partial charge in [-0.2, -0.15) is 5.26 Å². The minimum absolute atomic E-state index is 0.0168.